The molecule has 3 rings (SSSR count). The van der Waals surface area contributed by atoms with Gasteiger partial charge in [0.05, 0.1) is 28.5 Å². The minimum Gasteiger partial charge on any atom is -0.390 e. The van der Waals surface area contributed by atoms with Gasteiger partial charge in [0.2, 0.25) is 11.8 Å². The number of benzene rings is 3. The number of carbonyl (C=O) groups is 2. The van der Waals surface area contributed by atoms with Gasteiger partial charge in [-0.1, -0.05) is 38.1 Å². The van der Waals surface area contributed by atoms with Gasteiger partial charge in [-0.05, 0) is 59.9 Å². The van der Waals surface area contributed by atoms with Crippen molar-refractivity contribution in [3.8, 4) is 0 Å². The monoisotopic (exact) mass is 619 g/mol. The van der Waals surface area contributed by atoms with E-state index in [2.05, 4.69) is 16.0 Å². The number of carbonyl (C=O) groups excluding carboxylic acids is 2. The van der Waals surface area contributed by atoms with Crippen LogP contribution < -0.4 is 16.0 Å². The Labute approximate surface area is 249 Å². The maximum atomic E-state index is 14.2. The van der Waals surface area contributed by atoms with Crippen molar-refractivity contribution in [3.63, 3.8) is 0 Å². The van der Waals surface area contributed by atoms with E-state index in [4.69, 9.17) is 0 Å². The van der Waals surface area contributed by atoms with Gasteiger partial charge in [0, 0.05) is 32.0 Å². The van der Waals surface area contributed by atoms with Crippen LogP contribution in [0.2, 0.25) is 0 Å². The van der Waals surface area contributed by atoms with Crippen molar-refractivity contribution in [1.82, 2.24) is 10.6 Å². The first-order valence-electron chi connectivity index (χ1n) is 13.9. The Kier molecular flexibility index (Phi) is 12.3. The lowest BCUT2D eigenvalue weighted by atomic mass is 10.00. The number of hydrogen-bond donors (Lipinski definition) is 4. The van der Waals surface area contributed by atoms with Crippen LogP contribution in [-0.2, 0) is 38.8 Å². The van der Waals surface area contributed by atoms with Crippen LogP contribution >= 0.6 is 0 Å². The van der Waals surface area contributed by atoms with Crippen LogP contribution in [0.5, 0.6) is 0 Å². The Morgan fingerprint density at radius 2 is 1.53 bits per heavy atom. The van der Waals surface area contributed by atoms with Crippen LogP contribution in [0.3, 0.4) is 0 Å². The summed E-state index contributed by atoms with van der Waals surface area (Å²) in [4.78, 5) is 25.1. The van der Waals surface area contributed by atoms with Gasteiger partial charge < -0.3 is 21.1 Å². The van der Waals surface area contributed by atoms with Crippen molar-refractivity contribution in [1.29, 1.82) is 0 Å². The quantitative estimate of drug-likeness (QED) is 0.190. The first-order chi connectivity index (χ1) is 20.4. The number of aryl methyl sites for hydroxylation is 1. The highest BCUT2D eigenvalue weighted by Gasteiger charge is 2.23. The summed E-state index contributed by atoms with van der Waals surface area (Å²) in [6.07, 6.45) is -1.10. The van der Waals surface area contributed by atoms with E-state index in [1.807, 2.05) is 31.2 Å². The normalized spacial score (nSPS) is 12.9. The zero-order valence-electron chi connectivity index (χ0n) is 24.0. The molecule has 0 aliphatic heterocycles. The molecule has 2 amide bonds. The Morgan fingerprint density at radius 3 is 2.21 bits per heavy atom. The summed E-state index contributed by atoms with van der Waals surface area (Å²) < 4.78 is 66.0. The fourth-order valence-electron chi connectivity index (χ4n) is 4.41. The van der Waals surface area contributed by atoms with Crippen LogP contribution in [-0.4, -0.2) is 49.8 Å². The van der Waals surface area contributed by atoms with Crippen LogP contribution in [0.1, 0.15) is 43.4 Å². The third-order valence-electron chi connectivity index (χ3n) is 6.80. The van der Waals surface area contributed by atoms with Gasteiger partial charge in [-0.2, -0.15) is 0 Å². The second-order valence-corrected chi connectivity index (χ2v) is 12.4. The number of rotatable bonds is 15. The van der Waals surface area contributed by atoms with E-state index >= 15 is 0 Å². The fourth-order valence-corrected chi connectivity index (χ4v) is 5.32. The summed E-state index contributed by atoms with van der Waals surface area (Å²) in [5.74, 6) is -4.02. The molecule has 0 aliphatic rings. The molecular weight excluding hydrogens is 583 g/mol. The molecule has 0 aromatic heterocycles. The van der Waals surface area contributed by atoms with Gasteiger partial charge in [0.1, 0.15) is 17.5 Å². The van der Waals surface area contributed by atoms with Crippen molar-refractivity contribution < 1.29 is 36.3 Å². The molecule has 3 aromatic rings. The van der Waals surface area contributed by atoms with Crippen molar-refractivity contribution in [2.45, 2.75) is 63.1 Å². The van der Waals surface area contributed by atoms with Gasteiger partial charge in [-0.25, -0.2) is 21.6 Å². The summed E-state index contributed by atoms with van der Waals surface area (Å²) >= 11 is 0. The van der Waals surface area contributed by atoms with Crippen molar-refractivity contribution >= 4 is 27.3 Å². The highest BCUT2D eigenvalue weighted by Crippen LogP contribution is 2.21. The van der Waals surface area contributed by atoms with Crippen molar-refractivity contribution in [3.05, 3.63) is 94.8 Å². The number of anilines is 1. The van der Waals surface area contributed by atoms with E-state index in [1.54, 1.807) is 0 Å². The lowest BCUT2D eigenvalue weighted by Gasteiger charge is -2.25. The Hall–Kier alpha value is -3.74. The molecular formula is C31H36F3N3O5S. The second-order valence-electron chi connectivity index (χ2n) is 10.1. The molecule has 12 heteroatoms. The summed E-state index contributed by atoms with van der Waals surface area (Å²) in [5.41, 5.74) is 2.03. The molecule has 43 heavy (non-hydrogen) atoms. The van der Waals surface area contributed by atoms with Crippen LogP contribution in [0.15, 0.2) is 65.6 Å². The number of aliphatic hydroxyl groups excluding tert-OH is 1. The van der Waals surface area contributed by atoms with Gasteiger partial charge in [-0.3, -0.25) is 9.59 Å². The zero-order chi connectivity index (χ0) is 31.6. The van der Waals surface area contributed by atoms with Gasteiger partial charge in [0.15, 0.2) is 9.84 Å². The number of hydrogen-bond acceptors (Lipinski definition) is 6. The largest absolute Gasteiger partial charge is 0.390 e. The van der Waals surface area contributed by atoms with Crippen LogP contribution in [0.4, 0.5) is 18.9 Å². The first-order valence-corrected chi connectivity index (χ1v) is 15.6. The molecule has 4 N–H and O–H groups in total. The minimum absolute atomic E-state index is 0.0515. The number of nitrogens with one attached hydrogen (secondary N) is 3. The highest BCUT2D eigenvalue weighted by molar-refractivity contribution is 7.91. The van der Waals surface area contributed by atoms with E-state index in [1.165, 1.54) is 6.92 Å². The average Bonchev–Trinajstić information content (AvgIpc) is 2.96. The van der Waals surface area contributed by atoms with E-state index < -0.39 is 51.2 Å². The summed E-state index contributed by atoms with van der Waals surface area (Å²) in [6, 6.07) is 12.9. The third kappa shape index (κ3) is 10.5. The maximum Gasteiger partial charge on any atom is 0.224 e. The van der Waals surface area contributed by atoms with Gasteiger partial charge in [0.25, 0.3) is 0 Å². The van der Waals surface area contributed by atoms with E-state index in [0.29, 0.717) is 12.6 Å². The zero-order valence-corrected chi connectivity index (χ0v) is 24.8. The molecule has 0 radical (unpaired) electrons. The smallest absolute Gasteiger partial charge is 0.224 e. The Morgan fingerprint density at radius 1 is 0.860 bits per heavy atom. The second kappa shape index (κ2) is 15.6. The maximum absolute atomic E-state index is 14.2. The van der Waals surface area contributed by atoms with Crippen molar-refractivity contribution in [2.75, 3.05) is 17.6 Å². The van der Waals surface area contributed by atoms with Crippen LogP contribution in [0, 0.1) is 17.5 Å². The molecule has 2 atom stereocenters. The van der Waals surface area contributed by atoms with E-state index in [-0.39, 0.29) is 47.7 Å². The molecule has 0 saturated heterocycles. The fraction of sp³-hybridized carbons (Fsp3) is 0.355. The topological polar surface area (TPSA) is 125 Å². The number of amides is 2. The molecule has 232 valence electrons. The minimum atomic E-state index is -3.64. The van der Waals surface area contributed by atoms with E-state index in [0.717, 1.165) is 47.9 Å². The van der Waals surface area contributed by atoms with Crippen LogP contribution in [0.25, 0.3) is 0 Å². The van der Waals surface area contributed by atoms with Gasteiger partial charge in [-0.15, -0.1) is 0 Å². The molecule has 0 fully saturated rings. The lowest BCUT2D eigenvalue weighted by molar-refractivity contribution is -0.125. The lowest BCUT2D eigenvalue weighted by Crippen LogP contribution is -2.48. The molecule has 0 unspecified atom stereocenters. The summed E-state index contributed by atoms with van der Waals surface area (Å²) in [7, 11) is -3.64. The average molecular weight is 620 g/mol. The summed E-state index contributed by atoms with van der Waals surface area (Å²) in [5, 5.41) is 19.0. The standard InChI is InChI=1S/C31H36F3N3O5S/c1-3-20-6-5-7-21(12-20)18-35-19-29(38)28(15-22-13-23(32)16-24(33)14-22)37-31(40)11-10-30(39)36-27-17-25(8-9-26(27)34)43(41,42)4-2/h5-9,12-14,16-17,28-29,35,38H,3-4,10-11,15,18-19H2,1-2H3,(H,36,39)(H,37,40)/t28-,29+/m0/s1. The van der Waals surface area contributed by atoms with Gasteiger partial charge >= 0.3 is 0 Å². The number of halogens is 3. The Balaban J connectivity index is 1.63. The highest BCUT2D eigenvalue weighted by atomic mass is 32.2. The first kappa shape index (κ1) is 33.8. The van der Waals surface area contributed by atoms with E-state index in [9.17, 15) is 36.3 Å². The number of aliphatic hydroxyl groups is 1. The Bertz CT molecular complexity index is 1510. The molecule has 0 saturated carbocycles. The molecule has 8 nitrogen and oxygen atoms in total. The molecule has 0 bridgehead atoms. The summed E-state index contributed by atoms with van der Waals surface area (Å²) in [6.45, 7) is 3.97. The molecule has 0 aliphatic carbocycles. The molecule has 3 aromatic carbocycles. The SMILES string of the molecule is CCc1cccc(CNC[C@@H](O)[C@H](Cc2cc(F)cc(F)c2)NC(=O)CCC(=O)Nc2cc(S(=O)(=O)CC)ccc2F)c1. The molecule has 0 heterocycles. The predicted octanol–water partition coefficient (Wildman–Crippen LogP) is 4.06. The van der Waals surface area contributed by atoms with Crippen molar-refractivity contribution in [2.24, 2.45) is 0 Å². The molecule has 0 spiro atoms. The predicted molar refractivity (Wildman–Crippen MR) is 158 cm³/mol. The number of sulfone groups is 1. The third-order valence-corrected chi connectivity index (χ3v) is 8.53.